The van der Waals surface area contributed by atoms with Crippen molar-refractivity contribution in [3.63, 3.8) is 0 Å². The highest BCUT2D eigenvalue weighted by atomic mass is 15.3. The Morgan fingerprint density at radius 3 is 2.38 bits per heavy atom. The average molecular weight is 281 g/mol. The highest BCUT2D eigenvalue weighted by molar-refractivity contribution is 5.47. The minimum absolute atomic E-state index is 0.860. The van der Waals surface area contributed by atoms with Gasteiger partial charge < -0.3 is 10.6 Å². The molecule has 1 aliphatic heterocycles. The van der Waals surface area contributed by atoms with Crippen molar-refractivity contribution >= 4 is 11.4 Å². The van der Waals surface area contributed by atoms with Crippen molar-refractivity contribution < 1.29 is 0 Å². The van der Waals surface area contributed by atoms with Crippen LogP contribution in [0, 0.1) is 6.92 Å². The molecule has 1 saturated heterocycles. The minimum atomic E-state index is 0.860. The van der Waals surface area contributed by atoms with Crippen molar-refractivity contribution in [2.24, 2.45) is 0 Å². The third-order valence-electron chi connectivity index (χ3n) is 4.26. The van der Waals surface area contributed by atoms with E-state index in [1.807, 2.05) is 6.07 Å². The first-order chi connectivity index (χ1) is 10.2. The summed E-state index contributed by atoms with van der Waals surface area (Å²) >= 11 is 0. The fourth-order valence-corrected chi connectivity index (χ4v) is 2.91. The van der Waals surface area contributed by atoms with Crippen molar-refractivity contribution in [1.82, 2.24) is 4.90 Å². The smallest absolute Gasteiger partial charge is 0.0367 e. The molecule has 0 amide bonds. The van der Waals surface area contributed by atoms with Crippen LogP contribution in [-0.4, -0.2) is 31.1 Å². The number of hydrogen-bond donors (Lipinski definition) is 1. The second-order valence-electron chi connectivity index (χ2n) is 5.78. The Morgan fingerprint density at radius 1 is 0.952 bits per heavy atom. The summed E-state index contributed by atoms with van der Waals surface area (Å²) in [5.41, 5.74) is 10.8. The minimum Gasteiger partial charge on any atom is -0.399 e. The molecular formula is C18H23N3. The molecule has 0 atom stereocenters. The molecule has 0 unspecified atom stereocenters. The van der Waals surface area contributed by atoms with Gasteiger partial charge in [-0.25, -0.2) is 0 Å². The number of nitrogens with zero attached hydrogens (tertiary/aromatic N) is 2. The summed E-state index contributed by atoms with van der Waals surface area (Å²) in [6.07, 6.45) is 0. The molecule has 3 rings (SSSR count). The van der Waals surface area contributed by atoms with Crippen LogP contribution in [0.25, 0.3) is 0 Å². The Kier molecular flexibility index (Phi) is 4.11. The maximum atomic E-state index is 5.90. The number of nitrogen functional groups attached to an aromatic ring is 1. The fourth-order valence-electron chi connectivity index (χ4n) is 2.91. The molecule has 3 nitrogen and oxygen atoms in total. The Bertz CT molecular complexity index is 587. The number of hydrogen-bond acceptors (Lipinski definition) is 3. The maximum absolute atomic E-state index is 5.90. The zero-order valence-corrected chi connectivity index (χ0v) is 12.6. The molecule has 21 heavy (non-hydrogen) atoms. The number of para-hydroxylation sites is 1. The number of anilines is 2. The van der Waals surface area contributed by atoms with E-state index in [9.17, 15) is 0 Å². The van der Waals surface area contributed by atoms with E-state index in [0.29, 0.717) is 0 Å². The van der Waals surface area contributed by atoms with Gasteiger partial charge in [0.15, 0.2) is 0 Å². The Balaban J connectivity index is 1.60. The third-order valence-corrected chi connectivity index (χ3v) is 4.26. The molecule has 0 saturated carbocycles. The number of aryl methyl sites for hydroxylation is 1. The number of nitrogens with two attached hydrogens (primary N) is 1. The van der Waals surface area contributed by atoms with Crippen LogP contribution in [0.2, 0.25) is 0 Å². The van der Waals surface area contributed by atoms with Gasteiger partial charge in [0.05, 0.1) is 0 Å². The number of rotatable bonds is 3. The largest absolute Gasteiger partial charge is 0.399 e. The Morgan fingerprint density at radius 2 is 1.67 bits per heavy atom. The van der Waals surface area contributed by atoms with Crippen molar-refractivity contribution in [3.8, 4) is 0 Å². The van der Waals surface area contributed by atoms with Crippen LogP contribution in [-0.2, 0) is 6.54 Å². The molecule has 110 valence electrons. The lowest BCUT2D eigenvalue weighted by atomic mass is 10.1. The van der Waals surface area contributed by atoms with Gasteiger partial charge in [0.25, 0.3) is 0 Å². The van der Waals surface area contributed by atoms with E-state index >= 15 is 0 Å². The second-order valence-corrected chi connectivity index (χ2v) is 5.78. The Labute approximate surface area is 127 Å². The summed E-state index contributed by atoms with van der Waals surface area (Å²) in [6, 6.07) is 16.9. The summed E-state index contributed by atoms with van der Waals surface area (Å²) in [5.74, 6) is 0. The number of piperazine rings is 1. The first kappa shape index (κ1) is 14.0. The van der Waals surface area contributed by atoms with Crippen LogP contribution in [0.1, 0.15) is 11.1 Å². The molecule has 0 aromatic heterocycles. The standard InChI is InChI=1S/C18H23N3/c1-15-7-8-17(19)13-16(15)14-20-9-11-21(12-10-20)18-5-3-2-4-6-18/h2-8,13H,9-12,14,19H2,1H3. The highest BCUT2D eigenvalue weighted by Gasteiger charge is 2.17. The summed E-state index contributed by atoms with van der Waals surface area (Å²) in [7, 11) is 0. The molecular weight excluding hydrogens is 258 g/mol. The lowest BCUT2D eigenvalue weighted by molar-refractivity contribution is 0.249. The molecule has 1 aliphatic rings. The van der Waals surface area contributed by atoms with Crippen LogP contribution >= 0.6 is 0 Å². The van der Waals surface area contributed by atoms with Crippen LogP contribution in [0.15, 0.2) is 48.5 Å². The molecule has 2 aromatic carbocycles. The normalized spacial score (nSPS) is 16.1. The molecule has 1 fully saturated rings. The van der Waals surface area contributed by atoms with Gasteiger partial charge in [0.2, 0.25) is 0 Å². The first-order valence-electron chi connectivity index (χ1n) is 7.60. The van der Waals surface area contributed by atoms with Gasteiger partial charge in [-0.05, 0) is 42.3 Å². The molecule has 0 radical (unpaired) electrons. The van der Waals surface area contributed by atoms with Crippen LogP contribution in [0.3, 0.4) is 0 Å². The zero-order chi connectivity index (χ0) is 14.7. The van der Waals surface area contributed by atoms with Crippen molar-refractivity contribution in [3.05, 3.63) is 59.7 Å². The first-order valence-corrected chi connectivity index (χ1v) is 7.60. The summed E-state index contributed by atoms with van der Waals surface area (Å²) in [6.45, 7) is 7.54. The van der Waals surface area contributed by atoms with E-state index in [1.54, 1.807) is 0 Å². The van der Waals surface area contributed by atoms with Crippen LogP contribution in [0.4, 0.5) is 11.4 Å². The molecule has 0 aliphatic carbocycles. The fraction of sp³-hybridized carbons (Fsp3) is 0.333. The molecule has 3 heteroatoms. The van der Waals surface area contributed by atoms with Crippen molar-refractivity contribution in [2.75, 3.05) is 36.8 Å². The van der Waals surface area contributed by atoms with Gasteiger partial charge in [-0.2, -0.15) is 0 Å². The zero-order valence-electron chi connectivity index (χ0n) is 12.6. The van der Waals surface area contributed by atoms with E-state index < -0.39 is 0 Å². The van der Waals surface area contributed by atoms with Crippen molar-refractivity contribution in [1.29, 1.82) is 0 Å². The van der Waals surface area contributed by atoms with Crippen molar-refractivity contribution in [2.45, 2.75) is 13.5 Å². The van der Waals surface area contributed by atoms with E-state index in [-0.39, 0.29) is 0 Å². The van der Waals surface area contributed by atoms with Gasteiger partial charge in [-0.3, -0.25) is 4.90 Å². The average Bonchev–Trinajstić information content (AvgIpc) is 2.53. The Hall–Kier alpha value is -2.00. The van der Waals surface area contributed by atoms with Gasteiger partial charge in [0, 0.05) is 44.1 Å². The highest BCUT2D eigenvalue weighted by Crippen LogP contribution is 2.19. The lowest BCUT2D eigenvalue weighted by Gasteiger charge is -2.36. The van der Waals surface area contributed by atoms with Crippen LogP contribution < -0.4 is 10.6 Å². The maximum Gasteiger partial charge on any atom is 0.0367 e. The summed E-state index contributed by atoms with van der Waals surface area (Å²) in [4.78, 5) is 4.98. The topological polar surface area (TPSA) is 32.5 Å². The predicted molar refractivity (Wildman–Crippen MR) is 89.5 cm³/mol. The monoisotopic (exact) mass is 281 g/mol. The third kappa shape index (κ3) is 3.37. The van der Waals surface area contributed by atoms with Gasteiger partial charge >= 0.3 is 0 Å². The van der Waals surface area contributed by atoms with Gasteiger partial charge in [0.1, 0.15) is 0 Å². The van der Waals surface area contributed by atoms with Crippen LogP contribution in [0.5, 0.6) is 0 Å². The van der Waals surface area contributed by atoms with Gasteiger partial charge in [-0.15, -0.1) is 0 Å². The molecule has 1 heterocycles. The van der Waals surface area contributed by atoms with E-state index in [2.05, 4.69) is 59.2 Å². The summed E-state index contributed by atoms with van der Waals surface area (Å²) in [5, 5.41) is 0. The summed E-state index contributed by atoms with van der Waals surface area (Å²) < 4.78 is 0. The SMILES string of the molecule is Cc1ccc(N)cc1CN1CCN(c2ccccc2)CC1. The molecule has 0 bridgehead atoms. The van der Waals surface area contributed by atoms with E-state index in [1.165, 1.54) is 16.8 Å². The molecule has 2 aromatic rings. The lowest BCUT2D eigenvalue weighted by Crippen LogP contribution is -2.46. The number of benzene rings is 2. The predicted octanol–water partition coefficient (Wildman–Crippen LogP) is 2.90. The quantitative estimate of drug-likeness (QED) is 0.878. The van der Waals surface area contributed by atoms with E-state index in [0.717, 1.165) is 38.4 Å². The second kappa shape index (κ2) is 6.19. The van der Waals surface area contributed by atoms with E-state index in [4.69, 9.17) is 5.73 Å². The molecule has 0 spiro atoms. The van der Waals surface area contributed by atoms with Gasteiger partial charge in [-0.1, -0.05) is 24.3 Å². The molecule has 2 N–H and O–H groups in total.